The van der Waals surface area contributed by atoms with Crippen LogP contribution in [0.15, 0.2) is 30.3 Å². The molecule has 1 aliphatic heterocycles. The highest BCUT2D eigenvalue weighted by atomic mass is 32.2. The van der Waals surface area contributed by atoms with Gasteiger partial charge in [0.05, 0.1) is 0 Å². The Morgan fingerprint density at radius 3 is 2.48 bits per heavy atom. The van der Waals surface area contributed by atoms with Crippen molar-refractivity contribution in [2.75, 3.05) is 13.1 Å². The Hall–Kier alpha value is -2.13. The second-order valence-electron chi connectivity index (χ2n) is 7.16. The van der Waals surface area contributed by atoms with Gasteiger partial charge in [-0.2, -0.15) is 17.2 Å². The smallest absolute Gasteiger partial charge is 0.338 e. The number of carbonyl (C=O) groups is 1. The predicted octanol–water partition coefficient (Wildman–Crippen LogP) is 3.52. The third-order valence-electron chi connectivity index (χ3n) is 5.46. The van der Waals surface area contributed by atoms with Gasteiger partial charge in [0.25, 0.3) is 5.91 Å². The summed E-state index contributed by atoms with van der Waals surface area (Å²) in [6.45, 7) is 2.92. The van der Waals surface area contributed by atoms with Gasteiger partial charge < -0.3 is 4.90 Å². The number of halogens is 3. The Balaban J connectivity index is 1.88. The number of likely N-dealkylation sites (tertiary alicyclic amines) is 1. The minimum atomic E-state index is -5.80. The molecule has 2 aromatic rings. The van der Waals surface area contributed by atoms with Crippen molar-refractivity contribution in [2.45, 2.75) is 18.6 Å². The minimum Gasteiger partial charge on any atom is -0.338 e. The first-order valence-corrected chi connectivity index (χ1v) is 9.83. The van der Waals surface area contributed by atoms with Gasteiger partial charge in [0.15, 0.2) is 0 Å². The highest BCUT2D eigenvalue weighted by Gasteiger charge is 2.51. The fourth-order valence-corrected chi connectivity index (χ4v) is 4.46. The summed E-state index contributed by atoms with van der Waals surface area (Å²) in [5.74, 6) is 0.745. The van der Waals surface area contributed by atoms with E-state index in [0.29, 0.717) is 30.5 Å². The first-order valence-electron chi connectivity index (χ1n) is 8.42. The van der Waals surface area contributed by atoms with Gasteiger partial charge in [-0.15, -0.1) is 0 Å². The predicted molar refractivity (Wildman–Crippen MR) is 91.2 cm³/mol. The van der Waals surface area contributed by atoms with Gasteiger partial charge >= 0.3 is 15.4 Å². The van der Waals surface area contributed by atoms with E-state index in [1.807, 2.05) is 0 Å². The molecule has 2 unspecified atom stereocenters. The lowest BCUT2D eigenvalue weighted by Crippen LogP contribution is -2.31. The van der Waals surface area contributed by atoms with Gasteiger partial charge in [-0.1, -0.05) is 28.7 Å². The fourth-order valence-electron chi connectivity index (χ4n) is 3.93. The number of carbonyl (C=O) groups excluding carboxylic acids is 1. The van der Waals surface area contributed by atoms with Gasteiger partial charge in [0, 0.05) is 24.2 Å². The largest absolute Gasteiger partial charge is 0.398 e. The zero-order valence-corrected chi connectivity index (χ0v) is 15.1. The lowest BCUT2D eigenvalue weighted by Gasteiger charge is -2.22. The normalized spacial score (nSPS) is 22.1. The summed E-state index contributed by atoms with van der Waals surface area (Å²) in [5.41, 5.74) is -0.168. The molecule has 2 aliphatic rings. The van der Waals surface area contributed by atoms with Crippen LogP contribution in [0.3, 0.4) is 0 Å². The molecule has 2 aromatic carbocycles. The number of hydrogen-bond donors (Lipinski definition) is 0. The van der Waals surface area contributed by atoms with Crippen LogP contribution in [0.4, 0.5) is 13.3 Å². The van der Waals surface area contributed by atoms with Crippen LogP contribution < -0.4 is 0 Å². The molecule has 1 saturated heterocycles. The van der Waals surface area contributed by atoms with Crippen molar-refractivity contribution in [3.8, 4) is 0 Å². The van der Waals surface area contributed by atoms with Crippen molar-refractivity contribution in [3.05, 3.63) is 47.0 Å². The van der Waals surface area contributed by atoms with Crippen molar-refractivity contribution in [1.29, 1.82) is 0 Å². The van der Waals surface area contributed by atoms with E-state index in [1.54, 1.807) is 17.9 Å². The molecule has 5 nitrogen and oxygen atoms in total. The minimum absolute atomic E-state index is 0.129. The van der Waals surface area contributed by atoms with Crippen molar-refractivity contribution in [3.63, 3.8) is 0 Å². The molecule has 9 heteroatoms. The summed E-state index contributed by atoms with van der Waals surface area (Å²) in [5, 5.41) is -4.50. The molecule has 144 valence electrons. The van der Waals surface area contributed by atoms with Crippen LogP contribution >= 0.6 is 0 Å². The van der Waals surface area contributed by atoms with Crippen LogP contribution in [0.1, 0.15) is 27.9 Å². The number of fused-ring (bicyclic) bond motifs is 2. The number of piperidine rings is 1. The third-order valence-corrected chi connectivity index (χ3v) is 6.47. The molecular weight excluding hydrogens is 383 g/mol. The second kappa shape index (κ2) is 5.93. The molecule has 2 fully saturated rings. The van der Waals surface area contributed by atoms with Crippen molar-refractivity contribution in [1.82, 2.24) is 4.90 Å². The van der Waals surface area contributed by atoms with Crippen LogP contribution in [0.25, 0.3) is 10.8 Å². The molecule has 1 aliphatic carbocycles. The monoisotopic (exact) mass is 399 g/mol. The molecule has 1 heterocycles. The van der Waals surface area contributed by atoms with Gasteiger partial charge in [0.1, 0.15) is 0 Å². The fraction of sp³-hybridized carbons (Fsp3) is 0.389. The molecule has 1 saturated carbocycles. The Labute approximate surface area is 153 Å². The Morgan fingerprint density at radius 1 is 1.19 bits per heavy atom. The van der Waals surface area contributed by atoms with Crippen LogP contribution in [-0.4, -0.2) is 32.3 Å². The third kappa shape index (κ3) is 2.71. The zero-order chi connectivity index (χ0) is 19.6. The standard InChI is InChI=1S/C18H16F3NO4S/c1-10-3-2-4-13-15(18(19,20)27(24,25)26-21)6-5-14(16(10)13)17(23)22-8-11-7-12(11)9-22/h2-6,11-12H,7-9H2,1H3. The quantitative estimate of drug-likeness (QED) is 0.789. The van der Waals surface area contributed by atoms with Crippen LogP contribution in [-0.2, 0) is 19.8 Å². The first-order chi connectivity index (χ1) is 12.7. The molecule has 1 amide bonds. The van der Waals surface area contributed by atoms with Crippen LogP contribution in [0.5, 0.6) is 0 Å². The van der Waals surface area contributed by atoms with Crippen molar-refractivity contribution >= 4 is 26.8 Å². The molecule has 0 aromatic heterocycles. The average molecular weight is 399 g/mol. The van der Waals surface area contributed by atoms with E-state index < -0.39 is 20.9 Å². The lowest BCUT2D eigenvalue weighted by atomic mass is 9.95. The van der Waals surface area contributed by atoms with Gasteiger partial charge in [-0.3, -0.25) is 4.79 Å². The SMILES string of the molecule is Cc1cccc2c(C(F)(F)S(=O)(=O)OF)ccc(C(=O)N3CC4CC4C3)c12. The van der Waals surface area contributed by atoms with E-state index in [0.717, 1.165) is 12.5 Å². The van der Waals surface area contributed by atoms with E-state index in [4.69, 9.17) is 0 Å². The maximum Gasteiger partial charge on any atom is 0.398 e. The maximum absolute atomic E-state index is 14.4. The second-order valence-corrected chi connectivity index (χ2v) is 8.71. The number of aryl methyl sites for hydroxylation is 1. The number of nitrogens with zero attached hydrogens (tertiary/aromatic N) is 1. The molecule has 27 heavy (non-hydrogen) atoms. The van der Waals surface area contributed by atoms with E-state index in [2.05, 4.69) is 4.39 Å². The molecular formula is C18H16F3NO4S. The lowest BCUT2D eigenvalue weighted by molar-refractivity contribution is -0.0286. The summed E-state index contributed by atoms with van der Waals surface area (Å²) >= 11 is 0. The number of rotatable bonds is 4. The summed E-state index contributed by atoms with van der Waals surface area (Å²) in [4.78, 5) is 14.6. The maximum atomic E-state index is 14.4. The van der Waals surface area contributed by atoms with E-state index in [-0.39, 0.29) is 22.2 Å². The number of benzene rings is 2. The highest BCUT2D eigenvalue weighted by Crippen LogP contribution is 2.46. The summed E-state index contributed by atoms with van der Waals surface area (Å²) in [6, 6.07) is 6.43. The number of amides is 1. The average Bonchev–Trinajstić information content (AvgIpc) is 3.25. The first kappa shape index (κ1) is 18.2. The van der Waals surface area contributed by atoms with Crippen LogP contribution in [0.2, 0.25) is 0 Å². The summed E-state index contributed by atoms with van der Waals surface area (Å²) in [6.07, 6.45) is 1.11. The van der Waals surface area contributed by atoms with Gasteiger partial charge in [-0.25, -0.2) is 0 Å². The highest BCUT2D eigenvalue weighted by molar-refractivity contribution is 7.87. The van der Waals surface area contributed by atoms with E-state index in [9.17, 15) is 26.5 Å². The van der Waals surface area contributed by atoms with Crippen LogP contribution in [0, 0.1) is 18.8 Å². The topological polar surface area (TPSA) is 63.7 Å². The van der Waals surface area contributed by atoms with E-state index in [1.165, 1.54) is 18.2 Å². The summed E-state index contributed by atoms with van der Waals surface area (Å²) in [7, 11) is -5.80. The zero-order valence-electron chi connectivity index (χ0n) is 14.3. The Morgan fingerprint density at radius 2 is 1.85 bits per heavy atom. The molecule has 0 N–H and O–H groups in total. The molecule has 0 radical (unpaired) electrons. The molecule has 0 bridgehead atoms. The molecule has 4 rings (SSSR count). The van der Waals surface area contributed by atoms with Gasteiger partial charge in [-0.05, 0) is 52.1 Å². The Kier molecular flexibility index (Phi) is 4.01. The van der Waals surface area contributed by atoms with Crippen molar-refractivity contribution < 1.29 is 30.9 Å². The molecule has 2 atom stereocenters. The summed E-state index contributed by atoms with van der Waals surface area (Å²) < 4.78 is 66.5. The molecule has 0 spiro atoms. The number of alkyl halides is 2. The Bertz CT molecular complexity index is 1040. The number of hydrogen-bond acceptors (Lipinski definition) is 4. The van der Waals surface area contributed by atoms with Gasteiger partial charge in [0.2, 0.25) is 0 Å². The van der Waals surface area contributed by atoms with E-state index >= 15 is 0 Å². The van der Waals surface area contributed by atoms with Crippen molar-refractivity contribution in [2.24, 2.45) is 11.8 Å².